The van der Waals surface area contributed by atoms with Crippen LogP contribution in [0.4, 0.5) is 0 Å². The molecule has 1 atom stereocenters. The molecule has 0 nitrogen and oxygen atoms in total. The van der Waals surface area contributed by atoms with E-state index in [4.69, 9.17) is 0 Å². The molecular formula is C53H32. The van der Waals surface area contributed by atoms with Gasteiger partial charge in [0.1, 0.15) is 0 Å². The number of fused-ring (bicyclic) bond motifs is 12. The summed E-state index contributed by atoms with van der Waals surface area (Å²) < 4.78 is 0. The lowest BCUT2D eigenvalue weighted by Crippen LogP contribution is -2.31. The first kappa shape index (κ1) is 28.9. The number of benzene rings is 10. The molecule has 0 amide bonds. The predicted octanol–water partition coefficient (Wildman–Crippen LogP) is 14.0. The summed E-state index contributed by atoms with van der Waals surface area (Å²) in [5, 5.41) is 10.3. The van der Waals surface area contributed by atoms with Crippen LogP contribution in [0, 0.1) is 0 Å². The third-order valence-corrected chi connectivity index (χ3v) is 12.3. The molecule has 0 saturated carbocycles. The summed E-state index contributed by atoms with van der Waals surface area (Å²) in [5.74, 6) is 0. The fourth-order valence-corrected chi connectivity index (χ4v) is 10.3. The fourth-order valence-electron chi connectivity index (χ4n) is 10.3. The molecule has 0 saturated heterocycles. The van der Waals surface area contributed by atoms with Crippen LogP contribution in [0.15, 0.2) is 194 Å². The minimum Gasteiger partial charge on any atom is -0.0619 e. The molecule has 10 aromatic carbocycles. The van der Waals surface area contributed by atoms with Crippen LogP contribution in [0.2, 0.25) is 0 Å². The Labute approximate surface area is 308 Å². The molecule has 1 spiro atoms. The minimum absolute atomic E-state index is 0.457. The summed E-state index contributed by atoms with van der Waals surface area (Å²) in [6, 6.07) is 72.9. The van der Waals surface area contributed by atoms with Crippen molar-refractivity contribution in [2.24, 2.45) is 0 Å². The van der Waals surface area contributed by atoms with Crippen LogP contribution in [-0.4, -0.2) is 0 Å². The molecule has 53 heavy (non-hydrogen) atoms. The first-order chi connectivity index (χ1) is 26.3. The highest BCUT2D eigenvalue weighted by atomic mass is 14.5. The van der Waals surface area contributed by atoms with Gasteiger partial charge in [0.2, 0.25) is 0 Å². The Hall–Kier alpha value is -6.76. The van der Waals surface area contributed by atoms with Crippen molar-refractivity contribution >= 4 is 43.1 Å². The van der Waals surface area contributed by atoms with Crippen molar-refractivity contribution in [3.63, 3.8) is 0 Å². The van der Waals surface area contributed by atoms with E-state index in [1.807, 2.05) is 0 Å². The van der Waals surface area contributed by atoms with Gasteiger partial charge in [-0.3, -0.25) is 0 Å². The maximum absolute atomic E-state index is 2.55. The second-order valence-electron chi connectivity index (χ2n) is 14.7. The molecule has 0 fully saturated rings. The van der Waals surface area contributed by atoms with Gasteiger partial charge in [0.25, 0.3) is 0 Å². The highest BCUT2D eigenvalue weighted by Gasteiger charge is 2.50. The summed E-state index contributed by atoms with van der Waals surface area (Å²) in [6.45, 7) is 0. The zero-order valence-corrected chi connectivity index (χ0v) is 29.0. The normalized spacial score (nSPS) is 15.2. The molecule has 2 aliphatic rings. The second kappa shape index (κ2) is 10.6. The molecule has 2 aliphatic carbocycles. The van der Waals surface area contributed by atoms with Gasteiger partial charge in [-0.25, -0.2) is 0 Å². The monoisotopic (exact) mass is 668 g/mol. The van der Waals surface area contributed by atoms with Crippen molar-refractivity contribution < 1.29 is 0 Å². The van der Waals surface area contributed by atoms with Gasteiger partial charge < -0.3 is 0 Å². The molecule has 12 rings (SSSR count). The van der Waals surface area contributed by atoms with Gasteiger partial charge >= 0.3 is 0 Å². The molecule has 0 aliphatic heterocycles. The lowest BCUT2D eigenvalue weighted by molar-refractivity contribution is 0.774. The largest absolute Gasteiger partial charge is 0.0725 e. The van der Waals surface area contributed by atoms with E-state index >= 15 is 0 Å². The standard InChI is InChI=1S/C53H32/c1-2-18-36-33(14-1)15-11-25-40(36)52-44-23-5-3-21-42(44)50(43-22-4-6-24-45(43)52)35-30-31-39-37-19-7-9-27-46(37)53(49(39)32-35)47-28-10-8-20-38(47)41-26-12-16-34-17-13-29-48(53)51(34)41/h1-32H. The van der Waals surface area contributed by atoms with E-state index in [0.29, 0.717) is 0 Å². The average Bonchev–Trinajstić information content (AvgIpc) is 3.51. The van der Waals surface area contributed by atoms with Gasteiger partial charge in [0, 0.05) is 0 Å². The maximum atomic E-state index is 2.55. The van der Waals surface area contributed by atoms with E-state index < -0.39 is 5.41 Å². The van der Waals surface area contributed by atoms with Crippen molar-refractivity contribution in [1.82, 2.24) is 0 Å². The first-order valence-electron chi connectivity index (χ1n) is 18.6. The van der Waals surface area contributed by atoms with Crippen LogP contribution < -0.4 is 0 Å². The van der Waals surface area contributed by atoms with Crippen molar-refractivity contribution in [2.45, 2.75) is 5.41 Å². The Balaban J connectivity index is 1.21. The van der Waals surface area contributed by atoms with Crippen LogP contribution >= 0.6 is 0 Å². The highest BCUT2D eigenvalue weighted by Crippen LogP contribution is 2.62. The summed E-state index contributed by atoms with van der Waals surface area (Å²) in [7, 11) is 0. The third kappa shape index (κ3) is 3.70. The van der Waals surface area contributed by atoms with Gasteiger partial charge in [0.15, 0.2) is 0 Å². The smallest absolute Gasteiger partial charge is 0.0619 e. The van der Waals surface area contributed by atoms with Crippen LogP contribution in [0.1, 0.15) is 22.3 Å². The maximum Gasteiger partial charge on any atom is 0.0725 e. The molecule has 0 radical (unpaired) electrons. The van der Waals surface area contributed by atoms with E-state index in [-0.39, 0.29) is 0 Å². The Kier molecular flexibility index (Phi) is 5.80. The molecule has 0 heterocycles. The zero-order valence-electron chi connectivity index (χ0n) is 29.0. The SMILES string of the molecule is c1ccc2c(c1)-c1ccc(-c3c4ccccc4c(-c4cccc5ccccc45)c4ccccc34)cc1C21c2ccccc2-c2cccc3cccc1c23. The predicted molar refractivity (Wildman–Crippen MR) is 224 cm³/mol. The quantitative estimate of drug-likeness (QED) is 0.161. The van der Waals surface area contributed by atoms with E-state index in [1.165, 1.54) is 110 Å². The van der Waals surface area contributed by atoms with Crippen LogP contribution in [0.25, 0.3) is 87.6 Å². The van der Waals surface area contributed by atoms with Gasteiger partial charge in [0.05, 0.1) is 5.41 Å². The molecule has 0 aromatic heterocycles. The Bertz CT molecular complexity index is 3110. The molecule has 0 bridgehead atoms. The Morgan fingerprint density at radius 1 is 0.264 bits per heavy atom. The van der Waals surface area contributed by atoms with E-state index in [0.717, 1.165) is 0 Å². The lowest BCUT2D eigenvalue weighted by Gasteiger charge is -2.40. The van der Waals surface area contributed by atoms with E-state index in [9.17, 15) is 0 Å². The van der Waals surface area contributed by atoms with Crippen molar-refractivity contribution in [1.29, 1.82) is 0 Å². The molecule has 1 unspecified atom stereocenters. The fraction of sp³-hybridized carbons (Fsp3) is 0.0189. The summed E-state index contributed by atoms with van der Waals surface area (Å²) in [5.41, 5.74) is 15.4. The molecule has 0 heteroatoms. The first-order valence-corrected chi connectivity index (χ1v) is 18.6. The second-order valence-corrected chi connectivity index (χ2v) is 14.7. The Morgan fingerprint density at radius 2 is 0.717 bits per heavy atom. The zero-order chi connectivity index (χ0) is 34.7. The van der Waals surface area contributed by atoms with Crippen molar-refractivity contribution in [2.75, 3.05) is 0 Å². The summed E-state index contributed by atoms with van der Waals surface area (Å²) in [6.07, 6.45) is 0. The van der Waals surface area contributed by atoms with Gasteiger partial charge in [-0.15, -0.1) is 0 Å². The number of hydrogen-bond acceptors (Lipinski definition) is 0. The van der Waals surface area contributed by atoms with Crippen LogP contribution in [0.5, 0.6) is 0 Å². The van der Waals surface area contributed by atoms with Crippen LogP contribution in [-0.2, 0) is 5.41 Å². The molecular weight excluding hydrogens is 637 g/mol. The lowest BCUT2D eigenvalue weighted by atomic mass is 9.61. The van der Waals surface area contributed by atoms with Crippen molar-refractivity contribution in [3.8, 4) is 44.5 Å². The summed E-state index contributed by atoms with van der Waals surface area (Å²) >= 11 is 0. The van der Waals surface area contributed by atoms with Gasteiger partial charge in [-0.2, -0.15) is 0 Å². The third-order valence-electron chi connectivity index (χ3n) is 12.3. The molecule has 244 valence electrons. The highest BCUT2D eigenvalue weighted by molar-refractivity contribution is 6.23. The minimum atomic E-state index is -0.457. The molecule has 10 aromatic rings. The molecule has 0 N–H and O–H groups in total. The van der Waals surface area contributed by atoms with E-state index in [2.05, 4.69) is 194 Å². The topological polar surface area (TPSA) is 0 Å². The van der Waals surface area contributed by atoms with Crippen molar-refractivity contribution in [3.05, 3.63) is 216 Å². The number of rotatable bonds is 2. The van der Waals surface area contributed by atoms with Gasteiger partial charge in [-0.05, 0) is 116 Å². The number of hydrogen-bond donors (Lipinski definition) is 0. The Morgan fingerprint density at radius 3 is 1.42 bits per heavy atom. The van der Waals surface area contributed by atoms with Crippen LogP contribution in [0.3, 0.4) is 0 Å². The summed E-state index contributed by atoms with van der Waals surface area (Å²) in [4.78, 5) is 0. The average molecular weight is 669 g/mol. The van der Waals surface area contributed by atoms with E-state index in [1.54, 1.807) is 0 Å². The van der Waals surface area contributed by atoms with Gasteiger partial charge in [-0.1, -0.05) is 188 Å².